The highest BCUT2D eigenvalue weighted by Crippen LogP contribution is 2.37. The smallest absolute Gasteiger partial charge is 0.313 e. The van der Waals surface area contributed by atoms with Crippen LogP contribution in [0, 0.1) is 13.8 Å². The average Bonchev–Trinajstić information content (AvgIpc) is 3.80. The highest BCUT2D eigenvalue weighted by molar-refractivity contribution is 8.14. The second-order valence-corrected chi connectivity index (χ2v) is 15.7. The van der Waals surface area contributed by atoms with Gasteiger partial charge >= 0.3 is 5.97 Å². The van der Waals surface area contributed by atoms with Gasteiger partial charge in [0.05, 0.1) is 5.75 Å². The van der Waals surface area contributed by atoms with Gasteiger partial charge in [-0.2, -0.15) is 0 Å². The minimum Gasteiger partial charge on any atom is -0.481 e. The number of benzene rings is 5. The van der Waals surface area contributed by atoms with Crippen LogP contribution in [-0.4, -0.2) is 51.4 Å². The number of hydrogen-bond acceptors (Lipinski definition) is 10. The van der Waals surface area contributed by atoms with E-state index < -0.39 is 5.97 Å². The summed E-state index contributed by atoms with van der Waals surface area (Å²) in [6.07, 6.45) is 11.6. The predicted octanol–water partition coefficient (Wildman–Crippen LogP) is 9.45. The molecule has 0 radical (unpaired) electrons. The van der Waals surface area contributed by atoms with E-state index in [-0.39, 0.29) is 40.1 Å². The van der Waals surface area contributed by atoms with E-state index in [0.29, 0.717) is 11.6 Å². The third kappa shape index (κ3) is 11.3. The number of nitrogens with one attached hydrogen (secondary N) is 2. The Labute approximate surface area is 361 Å². The maximum Gasteiger partial charge on any atom is 0.313 e. The number of aryl methyl sites for hydroxylation is 2. The van der Waals surface area contributed by atoms with E-state index >= 15 is 0 Å². The number of carboxylic acid groups (broad SMARTS) is 1. The summed E-state index contributed by atoms with van der Waals surface area (Å²) in [5.41, 5.74) is 11.7. The number of nitrogens with zero attached hydrogens (tertiary/aromatic N) is 3. The van der Waals surface area contributed by atoms with Gasteiger partial charge in [-0.25, -0.2) is 9.98 Å². The molecule has 0 spiro atoms. The van der Waals surface area contributed by atoms with Crippen molar-refractivity contribution in [1.82, 2.24) is 10.6 Å². The number of carbonyl (C=O) groups is 4. The molecule has 0 aliphatic carbocycles. The van der Waals surface area contributed by atoms with Crippen molar-refractivity contribution in [2.75, 3.05) is 16.6 Å². The van der Waals surface area contributed by atoms with Crippen molar-refractivity contribution in [3.8, 4) is 0 Å². The Kier molecular flexibility index (Phi) is 13.5. The molecule has 11 nitrogen and oxygen atoms in total. The van der Waals surface area contributed by atoms with Crippen LogP contribution >= 0.6 is 23.5 Å². The van der Waals surface area contributed by atoms with Crippen LogP contribution in [0.15, 0.2) is 137 Å². The number of carboxylic acids is 1. The zero-order valence-electron chi connectivity index (χ0n) is 33.1. The summed E-state index contributed by atoms with van der Waals surface area (Å²) in [4.78, 5) is 56.6. The van der Waals surface area contributed by atoms with Crippen molar-refractivity contribution in [3.05, 3.63) is 171 Å². The minimum atomic E-state index is -0.978. The number of carbonyl (C=O) groups excluding carboxylic acids is 3. The van der Waals surface area contributed by atoms with Gasteiger partial charge in [0.1, 0.15) is 17.3 Å². The van der Waals surface area contributed by atoms with Crippen LogP contribution in [0.1, 0.15) is 44.5 Å². The first-order chi connectivity index (χ1) is 29.6. The van der Waals surface area contributed by atoms with E-state index in [1.807, 2.05) is 60.7 Å². The van der Waals surface area contributed by atoms with Crippen LogP contribution in [-0.2, 0) is 23.9 Å². The predicted molar refractivity (Wildman–Crippen MR) is 248 cm³/mol. The first kappa shape index (κ1) is 41.9. The third-order valence-corrected chi connectivity index (χ3v) is 10.9. The van der Waals surface area contributed by atoms with Gasteiger partial charge in [0.2, 0.25) is 0 Å². The molecule has 5 aromatic rings. The van der Waals surface area contributed by atoms with Crippen molar-refractivity contribution in [2.24, 2.45) is 9.98 Å². The van der Waals surface area contributed by atoms with Crippen molar-refractivity contribution in [2.45, 2.75) is 13.8 Å². The summed E-state index contributed by atoms with van der Waals surface area (Å²) in [5.74, 6) is -1.75. The molecule has 5 aromatic carbocycles. The molecule has 0 bridgehead atoms. The lowest BCUT2D eigenvalue weighted by atomic mass is 10.1. The summed E-state index contributed by atoms with van der Waals surface area (Å²) in [7, 11) is 0. The molecule has 0 unspecified atom stereocenters. The Hall–Kier alpha value is -7.22. The molecule has 13 heteroatoms. The molecule has 2 amide bonds. The van der Waals surface area contributed by atoms with Gasteiger partial charge in [-0.05, 0) is 107 Å². The quantitative estimate of drug-likeness (QED) is 0.0327. The first-order valence-electron chi connectivity index (χ1n) is 19.0. The van der Waals surface area contributed by atoms with Crippen molar-refractivity contribution in [1.29, 1.82) is 0 Å². The van der Waals surface area contributed by atoms with Crippen LogP contribution in [0.2, 0.25) is 0 Å². The number of ether oxygens (including phenoxy) is 1. The number of amidine groups is 2. The number of aliphatic imine (C=N–C) groups is 2. The normalized spacial score (nSPS) is 15.0. The summed E-state index contributed by atoms with van der Waals surface area (Å²) in [5, 5.41) is 14.8. The monoisotopic (exact) mass is 845 g/mol. The molecule has 304 valence electrons. The summed E-state index contributed by atoms with van der Waals surface area (Å²) in [6, 6.07) is 38.9. The number of hydrogen-bond donors (Lipinski definition) is 3. The van der Waals surface area contributed by atoms with Gasteiger partial charge in [-0.15, -0.1) is 0 Å². The largest absolute Gasteiger partial charge is 0.481 e. The lowest BCUT2D eigenvalue weighted by Crippen LogP contribution is -2.22. The maximum absolute atomic E-state index is 12.3. The van der Waals surface area contributed by atoms with Gasteiger partial charge in [-0.3, -0.25) is 29.8 Å². The van der Waals surface area contributed by atoms with Crippen LogP contribution in [0.4, 0.5) is 17.1 Å². The third-order valence-electron chi connectivity index (χ3n) is 9.33. The molecule has 2 aliphatic heterocycles. The number of anilines is 3. The Balaban J connectivity index is 1.02. The van der Waals surface area contributed by atoms with E-state index in [2.05, 4.69) is 123 Å². The van der Waals surface area contributed by atoms with Crippen LogP contribution in [0.3, 0.4) is 0 Å². The molecule has 61 heavy (non-hydrogen) atoms. The van der Waals surface area contributed by atoms with Gasteiger partial charge in [0.15, 0.2) is 10.3 Å². The average molecular weight is 846 g/mol. The molecule has 0 atom stereocenters. The first-order valence-corrected chi connectivity index (χ1v) is 21.0. The summed E-state index contributed by atoms with van der Waals surface area (Å²) >= 11 is 2.10. The molecule has 7 rings (SSSR count). The fourth-order valence-electron chi connectivity index (χ4n) is 6.34. The van der Waals surface area contributed by atoms with Gasteiger partial charge in [0, 0.05) is 17.1 Å². The molecular formula is C48H39N5O6S2. The Morgan fingerprint density at radius 1 is 0.639 bits per heavy atom. The van der Waals surface area contributed by atoms with E-state index in [4.69, 9.17) is 5.11 Å². The lowest BCUT2D eigenvalue weighted by Gasteiger charge is -2.27. The fourth-order valence-corrected chi connectivity index (χ4v) is 7.49. The Morgan fingerprint density at radius 2 is 1.07 bits per heavy atom. The SMILES string of the molecule is Cc1ccc(N(c2ccc(/C=C/c3ccc(/C=C4\N=C(SCOC=O)NC4=O)cc3)cc2)c2ccc(/C=C/c3ccc(/C=C4\N=C(SCC(=O)O)NC4=O)cc3)cc2)c(C)c1. The highest BCUT2D eigenvalue weighted by Gasteiger charge is 2.22. The number of amides is 2. The topological polar surface area (TPSA) is 150 Å². The molecule has 0 fully saturated rings. The zero-order valence-corrected chi connectivity index (χ0v) is 34.7. The number of thioether (sulfide) groups is 2. The number of rotatable bonds is 14. The van der Waals surface area contributed by atoms with E-state index in [0.717, 1.165) is 79.5 Å². The van der Waals surface area contributed by atoms with Gasteiger partial charge < -0.3 is 14.7 Å². The Bertz CT molecular complexity index is 2650. The maximum atomic E-state index is 12.3. The van der Waals surface area contributed by atoms with Gasteiger partial charge in [-0.1, -0.05) is 127 Å². The molecule has 3 N–H and O–H groups in total. The summed E-state index contributed by atoms with van der Waals surface area (Å²) in [6.45, 7) is 4.57. The molecular weight excluding hydrogens is 807 g/mol. The van der Waals surface area contributed by atoms with Crippen molar-refractivity contribution < 1.29 is 29.0 Å². The van der Waals surface area contributed by atoms with Crippen LogP contribution in [0.5, 0.6) is 0 Å². The Morgan fingerprint density at radius 3 is 1.49 bits per heavy atom. The second kappa shape index (κ2) is 19.7. The van der Waals surface area contributed by atoms with Crippen LogP contribution < -0.4 is 15.5 Å². The lowest BCUT2D eigenvalue weighted by molar-refractivity contribution is -0.134. The fraction of sp³-hybridized carbons (Fsp3) is 0.0833. The molecule has 2 heterocycles. The second-order valence-electron chi connectivity index (χ2n) is 13.8. The van der Waals surface area contributed by atoms with E-state index in [1.54, 1.807) is 12.2 Å². The van der Waals surface area contributed by atoms with Crippen molar-refractivity contribution in [3.63, 3.8) is 0 Å². The molecule has 0 saturated heterocycles. The van der Waals surface area contributed by atoms with E-state index in [1.165, 1.54) is 5.56 Å². The van der Waals surface area contributed by atoms with Crippen molar-refractivity contribution >= 4 is 112 Å². The minimum absolute atomic E-state index is 0.0715. The zero-order chi connectivity index (χ0) is 42.7. The number of aliphatic carboxylic acids is 1. The van der Waals surface area contributed by atoms with Crippen LogP contribution in [0.25, 0.3) is 36.5 Å². The molecule has 0 aromatic heterocycles. The molecule has 0 saturated carbocycles. The standard InChI is InChI=1S/C48H39N5O6S2/c1-31-3-24-43(32(2)25-31)53(39-20-16-35(17-21-39)6-4-33-8-12-37(13-9-33)26-41-45(57)51-47(49-41)60-28-44(55)56)40-22-18-36(19-23-40)7-5-34-10-14-38(15-11-34)27-42-46(58)52-48(50-42)61-30-59-29-54/h3-27,29H,28,30H2,1-2H3,(H,55,56)(H,49,51,57)(H,50,52,58)/b6-4+,7-5+,41-26-,42-27-. The van der Waals surface area contributed by atoms with Gasteiger partial charge in [0.25, 0.3) is 18.3 Å². The molecule has 2 aliphatic rings. The highest BCUT2D eigenvalue weighted by atomic mass is 32.2. The van der Waals surface area contributed by atoms with E-state index in [9.17, 15) is 19.2 Å². The summed E-state index contributed by atoms with van der Waals surface area (Å²) < 4.78 is 4.66.